The molecular weight excluding hydrogens is 358 g/mol. The highest BCUT2D eigenvalue weighted by molar-refractivity contribution is 5.63. The molecule has 1 heterocycles. The number of rotatable bonds is 3. The van der Waals surface area contributed by atoms with Gasteiger partial charge in [0.1, 0.15) is 6.29 Å². The minimum Gasteiger partial charge on any atom is -0.390 e. The van der Waals surface area contributed by atoms with Crippen molar-refractivity contribution < 1.29 is 9.90 Å². The Balaban J connectivity index is 1.40. The molecule has 0 bridgehead atoms. The lowest BCUT2D eigenvalue weighted by Gasteiger charge is -2.58. The fourth-order valence-electron chi connectivity index (χ4n) is 8.60. The summed E-state index contributed by atoms with van der Waals surface area (Å²) in [5.41, 5.74) is 0.492. The second-order valence-corrected chi connectivity index (χ2v) is 11.4. The molecule has 4 saturated carbocycles. The van der Waals surface area contributed by atoms with Crippen molar-refractivity contribution >= 4 is 6.29 Å². The Bertz CT molecular complexity index is 761. The lowest BCUT2D eigenvalue weighted by Crippen LogP contribution is -2.53. The van der Waals surface area contributed by atoms with Crippen LogP contribution in [0.2, 0.25) is 0 Å². The van der Waals surface area contributed by atoms with E-state index in [4.69, 9.17) is 0 Å². The maximum Gasteiger partial charge on any atom is 0.127 e. The maximum atomic E-state index is 12.6. The van der Waals surface area contributed by atoms with E-state index in [0.717, 1.165) is 55.0 Å². The first-order valence-electron chi connectivity index (χ1n) is 12.0. The van der Waals surface area contributed by atoms with Crippen LogP contribution in [0, 0.1) is 40.4 Å². The summed E-state index contributed by atoms with van der Waals surface area (Å²) in [5, 5.41) is 10.6. The van der Waals surface area contributed by atoms with Gasteiger partial charge in [-0.15, -0.1) is 0 Å². The highest BCUT2D eigenvalue weighted by Crippen LogP contribution is 2.68. The summed E-state index contributed by atoms with van der Waals surface area (Å²) in [6.45, 7) is 4.48. The summed E-state index contributed by atoms with van der Waals surface area (Å²) in [6.07, 6.45) is 14.4. The summed E-state index contributed by atoms with van der Waals surface area (Å²) in [4.78, 5) is 17.2. The maximum absolute atomic E-state index is 12.6. The standard InChI is InChI=1S/C26H37NO2/c1-24(29)11-8-20-18(15-24)6-7-22-21(20)9-12-25(2)23(22)10-13-26(25,17-28)16-19-5-3-4-14-27-19/h3-5,14,17-18,20-23,29H,6-13,15-16H2,1-2H3/t18-,20+,21-,22-,23+,24-,25+,26+/m1/s1. The number of nitrogens with zero attached hydrogens (tertiary/aromatic N) is 1. The van der Waals surface area contributed by atoms with Crippen molar-refractivity contribution in [2.24, 2.45) is 40.4 Å². The molecule has 29 heavy (non-hydrogen) atoms. The van der Waals surface area contributed by atoms with E-state index in [2.05, 4.69) is 18.0 Å². The largest absolute Gasteiger partial charge is 0.390 e. The number of pyridine rings is 1. The molecule has 8 atom stereocenters. The smallest absolute Gasteiger partial charge is 0.127 e. The van der Waals surface area contributed by atoms with Gasteiger partial charge in [0.2, 0.25) is 0 Å². The number of aromatic nitrogens is 1. The molecule has 158 valence electrons. The Morgan fingerprint density at radius 2 is 1.86 bits per heavy atom. The lowest BCUT2D eigenvalue weighted by molar-refractivity contribution is -0.135. The molecule has 1 aromatic rings. The second kappa shape index (κ2) is 6.90. The molecule has 0 radical (unpaired) electrons. The van der Waals surface area contributed by atoms with Crippen LogP contribution >= 0.6 is 0 Å². The Labute approximate surface area is 175 Å². The molecule has 1 N–H and O–H groups in total. The van der Waals surface area contributed by atoms with Gasteiger partial charge in [0, 0.05) is 23.7 Å². The van der Waals surface area contributed by atoms with Gasteiger partial charge in [-0.05, 0) is 112 Å². The third-order valence-corrected chi connectivity index (χ3v) is 10.1. The fourth-order valence-corrected chi connectivity index (χ4v) is 8.60. The van der Waals surface area contributed by atoms with E-state index in [9.17, 15) is 9.90 Å². The van der Waals surface area contributed by atoms with Gasteiger partial charge in [-0.2, -0.15) is 0 Å². The first-order valence-corrected chi connectivity index (χ1v) is 12.0. The summed E-state index contributed by atoms with van der Waals surface area (Å²) in [6, 6.07) is 6.10. The van der Waals surface area contributed by atoms with E-state index in [-0.39, 0.29) is 10.8 Å². The van der Waals surface area contributed by atoms with Gasteiger partial charge < -0.3 is 9.90 Å². The van der Waals surface area contributed by atoms with E-state index >= 15 is 0 Å². The topological polar surface area (TPSA) is 50.2 Å². The number of carbonyl (C=O) groups excluding carboxylic acids is 1. The number of hydrogen-bond acceptors (Lipinski definition) is 3. The zero-order valence-electron chi connectivity index (χ0n) is 18.1. The SMILES string of the molecule is C[C@@]1(O)CC[C@H]2[C@H](CC[C@@H]3[C@@H]2CC[C@@]2(C)[C@H]3CC[C@@]2(C=O)Cc2ccccn2)C1. The molecule has 0 aliphatic heterocycles. The fraction of sp³-hybridized carbons (Fsp3) is 0.769. The van der Waals surface area contributed by atoms with Crippen molar-refractivity contribution in [3.63, 3.8) is 0 Å². The van der Waals surface area contributed by atoms with Crippen molar-refractivity contribution in [2.45, 2.75) is 83.7 Å². The molecule has 0 amide bonds. The van der Waals surface area contributed by atoms with Crippen LogP contribution in [0.5, 0.6) is 0 Å². The number of aliphatic hydroxyl groups is 1. The molecule has 3 nitrogen and oxygen atoms in total. The minimum atomic E-state index is -0.445. The summed E-state index contributed by atoms with van der Waals surface area (Å²) >= 11 is 0. The monoisotopic (exact) mass is 395 g/mol. The summed E-state index contributed by atoms with van der Waals surface area (Å²) in [7, 11) is 0. The van der Waals surface area contributed by atoms with Crippen LogP contribution in [-0.2, 0) is 11.2 Å². The van der Waals surface area contributed by atoms with E-state index in [0.29, 0.717) is 5.92 Å². The zero-order valence-corrected chi connectivity index (χ0v) is 18.1. The number of fused-ring (bicyclic) bond motifs is 5. The molecule has 0 unspecified atom stereocenters. The minimum absolute atomic E-state index is 0.112. The number of carbonyl (C=O) groups is 1. The summed E-state index contributed by atoms with van der Waals surface area (Å²) in [5.74, 6) is 3.80. The van der Waals surface area contributed by atoms with Gasteiger partial charge in [0.25, 0.3) is 0 Å². The van der Waals surface area contributed by atoms with Gasteiger partial charge >= 0.3 is 0 Å². The van der Waals surface area contributed by atoms with Crippen LogP contribution in [0.25, 0.3) is 0 Å². The van der Waals surface area contributed by atoms with Crippen LogP contribution < -0.4 is 0 Å². The highest BCUT2D eigenvalue weighted by Gasteiger charge is 2.63. The molecule has 5 rings (SSSR count). The van der Waals surface area contributed by atoms with E-state index < -0.39 is 5.60 Å². The van der Waals surface area contributed by atoms with Crippen molar-refractivity contribution in [2.75, 3.05) is 0 Å². The van der Waals surface area contributed by atoms with Crippen LogP contribution in [-0.4, -0.2) is 22.0 Å². The van der Waals surface area contributed by atoms with Gasteiger partial charge in [-0.25, -0.2) is 0 Å². The second-order valence-electron chi connectivity index (χ2n) is 11.4. The molecule has 4 aliphatic rings. The average molecular weight is 396 g/mol. The molecular formula is C26H37NO2. The van der Waals surface area contributed by atoms with Gasteiger partial charge in [0.15, 0.2) is 0 Å². The van der Waals surface area contributed by atoms with Crippen LogP contribution in [0.1, 0.15) is 77.3 Å². The van der Waals surface area contributed by atoms with Crippen LogP contribution in [0.4, 0.5) is 0 Å². The first kappa shape index (κ1) is 19.7. The Hall–Kier alpha value is -1.22. The predicted octanol–water partition coefficient (Wildman–Crippen LogP) is 5.21. The Morgan fingerprint density at radius 3 is 2.62 bits per heavy atom. The van der Waals surface area contributed by atoms with E-state index in [1.807, 2.05) is 25.3 Å². The third kappa shape index (κ3) is 3.02. The number of aldehydes is 1. The lowest BCUT2D eigenvalue weighted by atomic mass is 9.47. The predicted molar refractivity (Wildman–Crippen MR) is 114 cm³/mol. The molecule has 1 aromatic heterocycles. The zero-order chi connectivity index (χ0) is 20.3. The summed E-state index contributed by atoms with van der Waals surface area (Å²) < 4.78 is 0. The van der Waals surface area contributed by atoms with Crippen molar-refractivity contribution in [1.82, 2.24) is 4.98 Å². The van der Waals surface area contributed by atoms with Crippen LogP contribution in [0.3, 0.4) is 0 Å². The molecule has 4 aliphatic carbocycles. The van der Waals surface area contributed by atoms with Gasteiger partial charge in [0.05, 0.1) is 5.60 Å². The molecule has 0 saturated heterocycles. The van der Waals surface area contributed by atoms with Crippen molar-refractivity contribution in [1.29, 1.82) is 0 Å². The normalized spacial score (nSPS) is 49.0. The Kier molecular flexibility index (Phi) is 4.70. The first-order chi connectivity index (χ1) is 13.9. The van der Waals surface area contributed by atoms with E-state index in [1.54, 1.807) is 0 Å². The molecule has 0 spiro atoms. The quantitative estimate of drug-likeness (QED) is 0.715. The third-order valence-electron chi connectivity index (χ3n) is 10.1. The van der Waals surface area contributed by atoms with Crippen LogP contribution in [0.15, 0.2) is 24.4 Å². The molecule has 0 aromatic carbocycles. The van der Waals surface area contributed by atoms with Gasteiger partial charge in [-0.1, -0.05) is 13.0 Å². The van der Waals surface area contributed by atoms with Gasteiger partial charge in [-0.3, -0.25) is 4.98 Å². The average Bonchev–Trinajstić information content (AvgIpc) is 3.00. The molecule has 4 fully saturated rings. The van der Waals surface area contributed by atoms with Crippen molar-refractivity contribution in [3.05, 3.63) is 30.1 Å². The Morgan fingerprint density at radius 1 is 1.03 bits per heavy atom. The highest BCUT2D eigenvalue weighted by atomic mass is 16.3. The van der Waals surface area contributed by atoms with Crippen molar-refractivity contribution in [3.8, 4) is 0 Å². The van der Waals surface area contributed by atoms with E-state index in [1.165, 1.54) is 44.8 Å². The molecule has 3 heteroatoms. The number of hydrogen-bond donors (Lipinski definition) is 1.